The van der Waals surface area contributed by atoms with Gasteiger partial charge in [-0.25, -0.2) is 18.4 Å². The Bertz CT molecular complexity index is 543. The largest absolute Gasteiger partial charge is 0.338 e. The second-order valence-corrected chi connectivity index (χ2v) is 6.37. The first kappa shape index (κ1) is 16.0. The Morgan fingerprint density at radius 2 is 1.79 bits per heavy atom. The maximum atomic E-state index is 11.5. The SMILES string of the molecule is NS(=O)(=O)CCCNC(=O)Nc1cc(Cl)cc(Cl)c1. The molecule has 0 aliphatic rings. The molecule has 0 unspecified atom stereocenters. The smallest absolute Gasteiger partial charge is 0.319 e. The number of nitrogens with one attached hydrogen (secondary N) is 2. The summed E-state index contributed by atoms with van der Waals surface area (Å²) in [5.74, 6) is -0.184. The Morgan fingerprint density at radius 1 is 1.21 bits per heavy atom. The van der Waals surface area contributed by atoms with Crippen molar-refractivity contribution in [3.8, 4) is 0 Å². The molecule has 0 heterocycles. The van der Waals surface area contributed by atoms with Crippen molar-refractivity contribution in [1.29, 1.82) is 0 Å². The van der Waals surface area contributed by atoms with Crippen LogP contribution in [0.1, 0.15) is 6.42 Å². The van der Waals surface area contributed by atoms with Crippen LogP contribution in [-0.2, 0) is 10.0 Å². The number of hydrogen-bond acceptors (Lipinski definition) is 3. The number of sulfonamides is 1. The Labute approximate surface area is 121 Å². The molecule has 1 aromatic carbocycles. The van der Waals surface area contributed by atoms with E-state index in [1.165, 1.54) is 18.2 Å². The summed E-state index contributed by atoms with van der Waals surface area (Å²) < 4.78 is 21.3. The van der Waals surface area contributed by atoms with Crippen LogP contribution in [0, 0.1) is 0 Å². The number of amides is 2. The van der Waals surface area contributed by atoms with Gasteiger partial charge in [0.05, 0.1) is 5.75 Å². The molecule has 0 fully saturated rings. The molecular weight excluding hydrogens is 313 g/mol. The summed E-state index contributed by atoms with van der Waals surface area (Å²) in [7, 11) is -3.50. The fraction of sp³-hybridized carbons (Fsp3) is 0.300. The van der Waals surface area contributed by atoms with Crippen molar-refractivity contribution < 1.29 is 13.2 Å². The first-order chi connectivity index (χ1) is 8.76. The van der Waals surface area contributed by atoms with E-state index in [-0.39, 0.29) is 18.7 Å². The van der Waals surface area contributed by atoms with Gasteiger partial charge in [-0.15, -0.1) is 0 Å². The average molecular weight is 326 g/mol. The van der Waals surface area contributed by atoms with Crippen LogP contribution in [0.4, 0.5) is 10.5 Å². The lowest BCUT2D eigenvalue weighted by Crippen LogP contribution is -2.31. The third-order valence-electron chi connectivity index (χ3n) is 2.01. The van der Waals surface area contributed by atoms with Gasteiger partial charge in [-0.3, -0.25) is 0 Å². The van der Waals surface area contributed by atoms with E-state index in [0.717, 1.165) is 0 Å². The van der Waals surface area contributed by atoms with Crippen molar-refractivity contribution in [2.45, 2.75) is 6.42 Å². The van der Waals surface area contributed by atoms with Crippen LogP contribution >= 0.6 is 23.2 Å². The van der Waals surface area contributed by atoms with Gasteiger partial charge in [0.15, 0.2) is 0 Å². The first-order valence-corrected chi connectivity index (χ1v) is 7.75. The fourth-order valence-electron chi connectivity index (χ4n) is 1.28. The number of hydrogen-bond donors (Lipinski definition) is 3. The highest BCUT2D eigenvalue weighted by Gasteiger charge is 2.05. The zero-order valence-electron chi connectivity index (χ0n) is 9.82. The van der Waals surface area contributed by atoms with Gasteiger partial charge in [0, 0.05) is 22.3 Å². The molecule has 0 atom stereocenters. The van der Waals surface area contributed by atoms with E-state index < -0.39 is 16.1 Å². The predicted molar refractivity (Wildman–Crippen MR) is 76.1 cm³/mol. The van der Waals surface area contributed by atoms with Gasteiger partial charge in [0.25, 0.3) is 0 Å². The van der Waals surface area contributed by atoms with Gasteiger partial charge in [-0.2, -0.15) is 0 Å². The first-order valence-electron chi connectivity index (χ1n) is 5.28. The Kier molecular flexibility index (Phi) is 5.86. The molecule has 0 saturated carbocycles. The highest BCUT2D eigenvalue weighted by Crippen LogP contribution is 2.22. The van der Waals surface area contributed by atoms with Crippen LogP contribution in [0.3, 0.4) is 0 Å². The van der Waals surface area contributed by atoms with Crippen LogP contribution in [0.25, 0.3) is 0 Å². The standard InChI is InChI=1S/C10H13Cl2N3O3S/c11-7-4-8(12)6-9(5-7)15-10(16)14-2-1-3-19(13,17)18/h4-6H,1-3H2,(H2,13,17,18)(H2,14,15,16). The highest BCUT2D eigenvalue weighted by atomic mass is 35.5. The second kappa shape index (κ2) is 6.95. The zero-order valence-corrected chi connectivity index (χ0v) is 12.1. The lowest BCUT2D eigenvalue weighted by Gasteiger charge is -2.08. The molecule has 4 N–H and O–H groups in total. The Morgan fingerprint density at radius 3 is 2.32 bits per heavy atom. The number of anilines is 1. The van der Waals surface area contributed by atoms with Crippen molar-refractivity contribution in [2.75, 3.05) is 17.6 Å². The molecule has 0 aliphatic carbocycles. The van der Waals surface area contributed by atoms with E-state index in [1.54, 1.807) is 0 Å². The van der Waals surface area contributed by atoms with Gasteiger partial charge in [-0.1, -0.05) is 23.2 Å². The number of carbonyl (C=O) groups is 1. The number of carbonyl (C=O) groups excluding carboxylic acids is 1. The van der Waals surface area contributed by atoms with Crippen LogP contribution in [-0.4, -0.2) is 26.7 Å². The van der Waals surface area contributed by atoms with Crippen molar-refractivity contribution >= 4 is 44.9 Å². The number of primary sulfonamides is 1. The predicted octanol–water partition coefficient (Wildman–Crippen LogP) is 1.79. The number of benzene rings is 1. The van der Waals surface area contributed by atoms with E-state index >= 15 is 0 Å². The topological polar surface area (TPSA) is 101 Å². The fourth-order valence-corrected chi connectivity index (χ4v) is 2.35. The van der Waals surface area contributed by atoms with Crippen molar-refractivity contribution in [3.05, 3.63) is 28.2 Å². The third kappa shape index (κ3) is 7.22. The summed E-state index contributed by atoms with van der Waals surface area (Å²) in [4.78, 5) is 11.5. The second-order valence-electron chi connectivity index (χ2n) is 3.76. The highest BCUT2D eigenvalue weighted by molar-refractivity contribution is 7.89. The van der Waals surface area contributed by atoms with E-state index in [1.807, 2.05) is 0 Å². The molecule has 0 radical (unpaired) electrons. The van der Waals surface area contributed by atoms with E-state index in [4.69, 9.17) is 28.3 Å². The maximum absolute atomic E-state index is 11.5. The van der Waals surface area contributed by atoms with Gasteiger partial charge < -0.3 is 10.6 Å². The molecule has 1 aromatic rings. The summed E-state index contributed by atoms with van der Waals surface area (Å²) in [5.41, 5.74) is 0.446. The Hall–Kier alpha value is -1.02. The number of rotatable bonds is 5. The lowest BCUT2D eigenvalue weighted by atomic mass is 10.3. The molecule has 0 saturated heterocycles. The van der Waals surface area contributed by atoms with Crippen LogP contribution in [0.15, 0.2) is 18.2 Å². The monoisotopic (exact) mass is 325 g/mol. The molecule has 0 aromatic heterocycles. The maximum Gasteiger partial charge on any atom is 0.319 e. The lowest BCUT2D eigenvalue weighted by molar-refractivity contribution is 0.252. The minimum absolute atomic E-state index is 0.184. The van der Waals surface area contributed by atoms with Crippen LogP contribution < -0.4 is 15.8 Å². The molecule has 0 aliphatic heterocycles. The van der Waals surface area contributed by atoms with Crippen LogP contribution in [0.5, 0.6) is 0 Å². The van der Waals surface area contributed by atoms with Gasteiger partial charge >= 0.3 is 6.03 Å². The zero-order chi connectivity index (χ0) is 14.5. The number of urea groups is 1. The molecular formula is C10H13Cl2N3O3S. The van der Waals surface area contributed by atoms with Crippen molar-refractivity contribution in [2.24, 2.45) is 5.14 Å². The van der Waals surface area contributed by atoms with E-state index in [9.17, 15) is 13.2 Å². The average Bonchev–Trinajstić information content (AvgIpc) is 2.21. The molecule has 19 heavy (non-hydrogen) atoms. The summed E-state index contributed by atoms with van der Waals surface area (Å²) in [6.07, 6.45) is 0.239. The molecule has 0 bridgehead atoms. The molecule has 1 rings (SSSR count). The number of nitrogens with two attached hydrogens (primary N) is 1. The van der Waals surface area contributed by atoms with Gasteiger partial charge in [-0.05, 0) is 24.6 Å². The van der Waals surface area contributed by atoms with Crippen molar-refractivity contribution in [3.63, 3.8) is 0 Å². The summed E-state index contributed by atoms with van der Waals surface area (Å²) >= 11 is 11.5. The van der Waals surface area contributed by atoms with Crippen LogP contribution in [0.2, 0.25) is 10.0 Å². The molecule has 0 spiro atoms. The van der Waals surface area contributed by atoms with Gasteiger partial charge in [0.1, 0.15) is 0 Å². The molecule has 6 nitrogen and oxygen atoms in total. The van der Waals surface area contributed by atoms with E-state index in [2.05, 4.69) is 10.6 Å². The molecule has 9 heteroatoms. The summed E-state index contributed by atoms with van der Waals surface area (Å²) in [5, 5.41) is 10.6. The minimum Gasteiger partial charge on any atom is -0.338 e. The molecule has 2 amide bonds. The normalized spacial score (nSPS) is 11.1. The Balaban J connectivity index is 2.39. The number of halogens is 2. The van der Waals surface area contributed by atoms with Crippen molar-refractivity contribution in [1.82, 2.24) is 5.32 Å². The third-order valence-corrected chi connectivity index (χ3v) is 3.31. The van der Waals surface area contributed by atoms with Gasteiger partial charge in [0.2, 0.25) is 10.0 Å². The summed E-state index contributed by atoms with van der Waals surface area (Å²) in [6.45, 7) is 0.191. The molecule has 106 valence electrons. The quantitative estimate of drug-likeness (QED) is 0.719. The van der Waals surface area contributed by atoms with E-state index in [0.29, 0.717) is 15.7 Å². The minimum atomic E-state index is -3.50. The summed E-state index contributed by atoms with van der Waals surface area (Å²) in [6, 6.07) is 4.14.